The van der Waals surface area contributed by atoms with E-state index in [1.165, 1.54) is 0 Å². The van der Waals surface area contributed by atoms with Crippen LogP contribution in [0.15, 0.2) is 18.2 Å². The van der Waals surface area contributed by atoms with Crippen LogP contribution in [0.25, 0.3) is 0 Å². The topological polar surface area (TPSA) is 94.7 Å². The first-order valence-corrected chi connectivity index (χ1v) is 7.03. The van der Waals surface area contributed by atoms with Gasteiger partial charge >= 0.3 is 0 Å². The van der Waals surface area contributed by atoms with E-state index >= 15 is 0 Å². The number of aromatic nitrogens is 1. The van der Waals surface area contributed by atoms with Gasteiger partial charge in [0.1, 0.15) is 5.69 Å². The molecule has 21 heavy (non-hydrogen) atoms. The fraction of sp³-hybridized carbons (Fsp3) is 0.571. The van der Waals surface area contributed by atoms with Crippen LogP contribution in [-0.4, -0.2) is 65.1 Å². The summed E-state index contributed by atoms with van der Waals surface area (Å²) in [4.78, 5) is 20.1. The summed E-state index contributed by atoms with van der Waals surface area (Å²) < 4.78 is 0. The number of likely N-dealkylation sites (N-methyl/N-ethyl adjacent to an activating group) is 1. The van der Waals surface area contributed by atoms with Crippen LogP contribution in [-0.2, 0) is 6.54 Å². The van der Waals surface area contributed by atoms with Crippen molar-refractivity contribution in [2.24, 2.45) is 5.84 Å². The van der Waals surface area contributed by atoms with Gasteiger partial charge in [0.25, 0.3) is 5.91 Å². The maximum Gasteiger partial charge on any atom is 0.283 e. The van der Waals surface area contributed by atoms with Crippen LogP contribution in [0.5, 0.6) is 0 Å². The Bertz CT molecular complexity index is 494. The lowest BCUT2D eigenvalue weighted by Crippen LogP contribution is -2.37. The van der Waals surface area contributed by atoms with Crippen molar-refractivity contribution in [1.29, 1.82) is 0 Å². The molecule has 0 aromatic carbocycles. The molecule has 0 spiro atoms. The molecule has 2 unspecified atom stereocenters. The average molecular weight is 293 g/mol. The van der Waals surface area contributed by atoms with Gasteiger partial charge in [-0.2, -0.15) is 0 Å². The number of hydrogen-bond acceptors (Lipinski definition) is 6. The van der Waals surface area contributed by atoms with Crippen LogP contribution in [0.3, 0.4) is 0 Å². The summed E-state index contributed by atoms with van der Waals surface area (Å²) in [6.07, 6.45) is 0.465. The molecule has 116 valence electrons. The number of β-amino-alcohol motifs (C(OH)–C–C–N with tert-alkyl or cyclic N) is 1. The molecule has 1 aromatic rings. The van der Waals surface area contributed by atoms with Gasteiger partial charge in [-0.15, -0.1) is 0 Å². The van der Waals surface area contributed by atoms with Gasteiger partial charge < -0.3 is 10.0 Å². The highest BCUT2D eigenvalue weighted by molar-refractivity contribution is 5.91. The molecule has 1 aliphatic rings. The Morgan fingerprint density at radius 3 is 3.00 bits per heavy atom. The molecule has 2 rings (SSSR count). The first kappa shape index (κ1) is 15.8. The molecular formula is C14H23N5O2. The monoisotopic (exact) mass is 293 g/mol. The minimum Gasteiger partial charge on any atom is -0.392 e. The van der Waals surface area contributed by atoms with E-state index in [1.54, 1.807) is 12.1 Å². The van der Waals surface area contributed by atoms with Crippen molar-refractivity contribution in [3.63, 3.8) is 0 Å². The number of nitrogens with one attached hydrogen (secondary N) is 1. The highest BCUT2D eigenvalue weighted by Crippen LogP contribution is 2.20. The maximum atomic E-state index is 11.5. The predicted molar refractivity (Wildman–Crippen MR) is 79.3 cm³/mol. The lowest BCUT2D eigenvalue weighted by Gasteiger charge is -2.26. The fourth-order valence-electron chi connectivity index (χ4n) is 2.74. The number of likely N-dealkylation sites (tertiary alicyclic amines) is 1. The number of amides is 1. The normalized spacial score (nSPS) is 22.7. The van der Waals surface area contributed by atoms with Crippen molar-refractivity contribution in [3.05, 3.63) is 29.6 Å². The van der Waals surface area contributed by atoms with Gasteiger partial charge in [-0.3, -0.25) is 15.1 Å². The molecule has 1 fully saturated rings. The minimum absolute atomic E-state index is 0.295. The fourth-order valence-corrected chi connectivity index (χ4v) is 2.74. The van der Waals surface area contributed by atoms with E-state index in [1.807, 2.05) is 20.2 Å². The Balaban J connectivity index is 2.07. The van der Waals surface area contributed by atoms with Crippen molar-refractivity contribution in [1.82, 2.24) is 20.2 Å². The molecular weight excluding hydrogens is 270 g/mol. The lowest BCUT2D eigenvalue weighted by molar-refractivity contribution is 0.0948. The Hall–Kier alpha value is -1.54. The molecule has 1 aromatic heterocycles. The molecule has 4 N–H and O–H groups in total. The van der Waals surface area contributed by atoms with Crippen molar-refractivity contribution < 1.29 is 9.90 Å². The quantitative estimate of drug-likeness (QED) is 0.373. The number of carbonyl (C=O) groups excluding carboxylic acids is 1. The van der Waals surface area contributed by atoms with Crippen molar-refractivity contribution in [2.45, 2.75) is 25.1 Å². The lowest BCUT2D eigenvalue weighted by atomic mass is 10.2. The van der Waals surface area contributed by atoms with Gasteiger partial charge in [0, 0.05) is 25.7 Å². The molecule has 0 radical (unpaired) electrons. The summed E-state index contributed by atoms with van der Waals surface area (Å²) in [7, 11) is 4.04. The predicted octanol–water partition coefficient (Wildman–Crippen LogP) is -0.818. The van der Waals surface area contributed by atoms with E-state index in [2.05, 4.69) is 20.2 Å². The summed E-state index contributed by atoms with van der Waals surface area (Å²) in [6.45, 7) is 2.13. The zero-order valence-corrected chi connectivity index (χ0v) is 12.5. The van der Waals surface area contributed by atoms with Crippen LogP contribution < -0.4 is 11.3 Å². The second kappa shape index (κ2) is 6.95. The number of pyridine rings is 1. The summed E-state index contributed by atoms with van der Waals surface area (Å²) in [5, 5.41) is 9.88. The zero-order chi connectivity index (χ0) is 15.4. The summed E-state index contributed by atoms with van der Waals surface area (Å²) >= 11 is 0. The molecule has 0 bridgehead atoms. The Kier molecular flexibility index (Phi) is 5.24. The smallest absolute Gasteiger partial charge is 0.283 e. The number of nitrogens with two attached hydrogens (primary N) is 1. The van der Waals surface area contributed by atoms with Crippen molar-refractivity contribution in [3.8, 4) is 0 Å². The maximum absolute atomic E-state index is 11.5. The first-order valence-electron chi connectivity index (χ1n) is 7.03. The van der Waals surface area contributed by atoms with Gasteiger partial charge in [-0.25, -0.2) is 10.8 Å². The number of hydrazine groups is 1. The number of hydrogen-bond donors (Lipinski definition) is 3. The minimum atomic E-state index is -0.400. The third-order valence-corrected chi connectivity index (χ3v) is 3.62. The molecule has 7 heteroatoms. The third kappa shape index (κ3) is 4.21. The molecule has 7 nitrogen and oxygen atoms in total. The van der Waals surface area contributed by atoms with Gasteiger partial charge in [0.2, 0.25) is 0 Å². The van der Waals surface area contributed by atoms with Crippen molar-refractivity contribution in [2.75, 3.05) is 27.2 Å². The molecule has 1 saturated heterocycles. The highest BCUT2D eigenvalue weighted by atomic mass is 16.3. The van der Waals surface area contributed by atoms with Crippen LogP contribution in [0.1, 0.15) is 22.6 Å². The van der Waals surface area contributed by atoms with E-state index in [9.17, 15) is 9.90 Å². The second-order valence-corrected chi connectivity index (χ2v) is 5.72. The third-order valence-electron chi connectivity index (χ3n) is 3.62. The SMILES string of the molecule is CN(C)CC1CC(O)CN1Cc1cccc(C(=O)NN)n1. The number of aliphatic hydroxyl groups is 1. The van der Waals surface area contributed by atoms with Crippen LogP contribution in [0.4, 0.5) is 0 Å². The van der Waals surface area contributed by atoms with E-state index in [0.29, 0.717) is 24.8 Å². The number of rotatable bonds is 5. The van der Waals surface area contributed by atoms with Crippen LogP contribution >= 0.6 is 0 Å². The highest BCUT2D eigenvalue weighted by Gasteiger charge is 2.31. The Morgan fingerprint density at radius 2 is 2.33 bits per heavy atom. The van der Waals surface area contributed by atoms with Crippen LogP contribution in [0, 0.1) is 0 Å². The molecule has 2 atom stereocenters. The van der Waals surface area contributed by atoms with Gasteiger partial charge in [0.15, 0.2) is 0 Å². The van der Waals surface area contributed by atoms with E-state index < -0.39 is 5.91 Å². The molecule has 0 aliphatic carbocycles. The van der Waals surface area contributed by atoms with E-state index in [0.717, 1.165) is 18.7 Å². The Labute approximate surface area is 124 Å². The summed E-state index contributed by atoms with van der Waals surface area (Å²) in [6, 6.07) is 5.59. The van der Waals surface area contributed by atoms with E-state index in [-0.39, 0.29) is 6.10 Å². The Morgan fingerprint density at radius 1 is 1.57 bits per heavy atom. The number of nitrogens with zero attached hydrogens (tertiary/aromatic N) is 3. The molecule has 1 amide bonds. The van der Waals surface area contributed by atoms with Gasteiger partial charge in [0.05, 0.1) is 11.8 Å². The average Bonchev–Trinajstić information content (AvgIpc) is 2.77. The first-order chi connectivity index (χ1) is 9.99. The molecule has 1 aliphatic heterocycles. The van der Waals surface area contributed by atoms with Crippen molar-refractivity contribution >= 4 is 5.91 Å². The molecule has 2 heterocycles. The summed E-state index contributed by atoms with van der Waals surface area (Å²) in [5.74, 6) is 4.72. The number of nitrogen functional groups attached to an aromatic ring is 1. The van der Waals surface area contributed by atoms with E-state index in [4.69, 9.17) is 5.84 Å². The second-order valence-electron chi connectivity index (χ2n) is 5.72. The van der Waals surface area contributed by atoms with Gasteiger partial charge in [-0.05, 0) is 32.6 Å². The number of aliphatic hydroxyl groups excluding tert-OH is 1. The molecule has 0 saturated carbocycles. The largest absolute Gasteiger partial charge is 0.392 e. The van der Waals surface area contributed by atoms with Gasteiger partial charge in [-0.1, -0.05) is 6.07 Å². The number of carbonyl (C=O) groups is 1. The summed E-state index contributed by atoms with van der Waals surface area (Å²) in [5.41, 5.74) is 3.19. The van der Waals surface area contributed by atoms with Crippen LogP contribution in [0.2, 0.25) is 0 Å². The standard InChI is InChI=1S/C14H23N5O2/c1-18(2)8-11-6-12(20)9-19(11)7-10-4-3-5-13(16-10)14(21)17-15/h3-5,11-12,20H,6-9,15H2,1-2H3,(H,17,21). The zero-order valence-electron chi connectivity index (χ0n) is 12.5.